The molecule has 0 spiro atoms. The van der Waals surface area contributed by atoms with Crippen LogP contribution >= 0.6 is 0 Å². The van der Waals surface area contributed by atoms with E-state index in [2.05, 4.69) is 240 Å². The van der Waals surface area contributed by atoms with Crippen LogP contribution in [0.15, 0.2) is 231 Å². The fraction of sp³-hybridized carbons (Fsp3) is 0. The Labute approximate surface area is 327 Å². The molecule has 0 radical (unpaired) electrons. The van der Waals surface area contributed by atoms with Crippen LogP contribution in [0.5, 0.6) is 0 Å². The minimum atomic E-state index is 1.10. The van der Waals surface area contributed by atoms with Crippen molar-refractivity contribution in [2.45, 2.75) is 0 Å². The molecule has 0 saturated heterocycles. The number of rotatable bonds is 8. The number of aromatic nitrogens is 1. The lowest BCUT2D eigenvalue weighted by atomic mass is 9.98. The summed E-state index contributed by atoms with van der Waals surface area (Å²) in [6, 6.07) is 83.0. The molecule has 0 amide bonds. The van der Waals surface area contributed by atoms with E-state index in [0.29, 0.717) is 0 Å². The minimum Gasteiger partial charge on any atom is -0.311 e. The summed E-state index contributed by atoms with van der Waals surface area (Å²) in [7, 11) is 0. The molecular formula is C54H38N2. The summed E-state index contributed by atoms with van der Waals surface area (Å²) in [5, 5.41) is 2.49. The summed E-state index contributed by atoms with van der Waals surface area (Å²) in [4.78, 5) is 2.33. The minimum absolute atomic E-state index is 1.10. The third kappa shape index (κ3) is 6.14. The van der Waals surface area contributed by atoms with E-state index in [1.165, 1.54) is 60.8 Å². The topological polar surface area (TPSA) is 8.17 Å². The summed E-state index contributed by atoms with van der Waals surface area (Å²) >= 11 is 0. The van der Waals surface area contributed by atoms with Gasteiger partial charge in [0.1, 0.15) is 0 Å². The van der Waals surface area contributed by atoms with Gasteiger partial charge >= 0.3 is 0 Å². The quantitative estimate of drug-likeness (QED) is 0.152. The molecule has 0 N–H and O–H groups in total. The fourth-order valence-corrected chi connectivity index (χ4v) is 8.08. The van der Waals surface area contributed by atoms with Crippen molar-refractivity contribution in [2.24, 2.45) is 0 Å². The molecule has 0 saturated carbocycles. The Hall–Kier alpha value is -7.42. The average Bonchev–Trinajstić information content (AvgIpc) is 3.61. The first-order valence-corrected chi connectivity index (χ1v) is 19.2. The maximum Gasteiger partial charge on any atom is 0.0547 e. The highest BCUT2D eigenvalue weighted by atomic mass is 15.1. The Morgan fingerprint density at radius 2 is 0.714 bits per heavy atom. The molecule has 2 nitrogen and oxygen atoms in total. The van der Waals surface area contributed by atoms with Gasteiger partial charge in [0, 0.05) is 33.4 Å². The first-order valence-electron chi connectivity index (χ1n) is 19.2. The van der Waals surface area contributed by atoms with Crippen molar-refractivity contribution in [1.29, 1.82) is 0 Å². The van der Waals surface area contributed by atoms with Gasteiger partial charge in [-0.15, -0.1) is 0 Å². The van der Waals surface area contributed by atoms with E-state index in [1.54, 1.807) is 0 Å². The molecule has 1 aromatic heterocycles. The highest BCUT2D eigenvalue weighted by molar-refractivity contribution is 6.10. The van der Waals surface area contributed by atoms with Crippen LogP contribution in [-0.2, 0) is 0 Å². The molecule has 10 aromatic rings. The van der Waals surface area contributed by atoms with Crippen molar-refractivity contribution in [2.75, 3.05) is 4.90 Å². The van der Waals surface area contributed by atoms with Crippen molar-refractivity contribution >= 4 is 38.9 Å². The predicted octanol–water partition coefficient (Wildman–Crippen LogP) is 14.9. The van der Waals surface area contributed by atoms with Gasteiger partial charge < -0.3 is 9.47 Å². The van der Waals surface area contributed by atoms with Gasteiger partial charge in [-0.25, -0.2) is 0 Å². The highest BCUT2D eigenvalue weighted by Gasteiger charge is 2.18. The Kier molecular flexibility index (Phi) is 8.55. The van der Waals surface area contributed by atoms with Crippen molar-refractivity contribution in [3.8, 4) is 50.2 Å². The molecule has 0 atom stereocenters. The van der Waals surface area contributed by atoms with Crippen molar-refractivity contribution in [3.05, 3.63) is 231 Å². The van der Waals surface area contributed by atoms with E-state index in [0.717, 1.165) is 28.3 Å². The molecule has 264 valence electrons. The molecule has 0 aliphatic carbocycles. The lowest BCUT2D eigenvalue weighted by molar-refractivity contribution is 1.18. The van der Waals surface area contributed by atoms with Crippen LogP contribution in [-0.4, -0.2) is 4.57 Å². The van der Waals surface area contributed by atoms with Crippen LogP contribution < -0.4 is 4.90 Å². The fourth-order valence-electron chi connectivity index (χ4n) is 8.08. The van der Waals surface area contributed by atoms with Crippen LogP contribution in [0.4, 0.5) is 17.1 Å². The van der Waals surface area contributed by atoms with Gasteiger partial charge in [-0.3, -0.25) is 0 Å². The standard InChI is InChI=1S/C54H38N2/c1-4-15-39(16-5-1)41-27-32-47(33-28-41)55(46-21-8-3-9-22-46)48-34-29-42(30-35-48)49-23-10-12-25-52(49)56-53-26-13-11-24-50(53)51-36-31-45(38-54(51)56)44-20-14-19-43(37-44)40-17-6-2-7-18-40/h1-38H. The summed E-state index contributed by atoms with van der Waals surface area (Å²) in [6.07, 6.45) is 0. The molecule has 0 bridgehead atoms. The monoisotopic (exact) mass is 714 g/mol. The third-order valence-electron chi connectivity index (χ3n) is 10.8. The summed E-state index contributed by atoms with van der Waals surface area (Å²) in [5.74, 6) is 0. The average molecular weight is 715 g/mol. The molecule has 2 heteroatoms. The number of hydrogen-bond donors (Lipinski definition) is 0. The lowest BCUT2D eigenvalue weighted by Gasteiger charge is -2.26. The maximum absolute atomic E-state index is 2.45. The lowest BCUT2D eigenvalue weighted by Crippen LogP contribution is -2.09. The van der Waals surface area contributed by atoms with E-state index in [9.17, 15) is 0 Å². The van der Waals surface area contributed by atoms with Gasteiger partial charge in [-0.1, -0.05) is 170 Å². The second kappa shape index (κ2) is 14.4. The molecule has 0 aliphatic rings. The molecule has 0 fully saturated rings. The number of fused-ring (bicyclic) bond motifs is 3. The number of para-hydroxylation sites is 3. The van der Waals surface area contributed by atoms with Gasteiger partial charge in [0.25, 0.3) is 0 Å². The zero-order valence-electron chi connectivity index (χ0n) is 30.8. The largest absolute Gasteiger partial charge is 0.311 e. The van der Waals surface area contributed by atoms with Crippen LogP contribution in [0.25, 0.3) is 72.0 Å². The normalized spacial score (nSPS) is 11.2. The summed E-state index contributed by atoms with van der Waals surface area (Å²) < 4.78 is 2.45. The number of benzene rings is 9. The van der Waals surface area contributed by atoms with Crippen LogP contribution in [0.1, 0.15) is 0 Å². The van der Waals surface area contributed by atoms with E-state index in [4.69, 9.17) is 0 Å². The van der Waals surface area contributed by atoms with Gasteiger partial charge in [0.2, 0.25) is 0 Å². The van der Waals surface area contributed by atoms with E-state index in [-0.39, 0.29) is 0 Å². The van der Waals surface area contributed by atoms with Gasteiger partial charge in [-0.2, -0.15) is 0 Å². The zero-order chi connectivity index (χ0) is 37.3. The smallest absolute Gasteiger partial charge is 0.0547 e. The SMILES string of the molecule is c1ccc(-c2ccc(N(c3ccccc3)c3ccc(-c4ccccc4-n4c5ccccc5c5ccc(-c6cccc(-c7ccccc7)c6)cc54)cc3)cc2)cc1. The van der Waals surface area contributed by atoms with Gasteiger partial charge in [0.15, 0.2) is 0 Å². The van der Waals surface area contributed by atoms with Crippen LogP contribution in [0, 0.1) is 0 Å². The molecule has 1 heterocycles. The zero-order valence-corrected chi connectivity index (χ0v) is 30.8. The van der Waals surface area contributed by atoms with Crippen LogP contribution in [0.2, 0.25) is 0 Å². The van der Waals surface area contributed by atoms with Crippen molar-refractivity contribution < 1.29 is 0 Å². The number of nitrogens with zero attached hydrogens (tertiary/aromatic N) is 2. The molecule has 56 heavy (non-hydrogen) atoms. The van der Waals surface area contributed by atoms with Gasteiger partial charge in [-0.05, 0) is 99.6 Å². The Balaban J connectivity index is 1.06. The Bertz CT molecular complexity index is 2930. The van der Waals surface area contributed by atoms with E-state index < -0.39 is 0 Å². The summed E-state index contributed by atoms with van der Waals surface area (Å²) in [6.45, 7) is 0. The van der Waals surface area contributed by atoms with E-state index in [1.807, 2.05) is 0 Å². The number of anilines is 3. The number of hydrogen-bond acceptors (Lipinski definition) is 1. The van der Waals surface area contributed by atoms with E-state index >= 15 is 0 Å². The second-order valence-corrected chi connectivity index (χ2v) is 14.2. The maximum atomic E-state index is 2.45. The first kappa shape index (κ1) is 33.2. The molecule has 0 unspecified atom stereocenters. The predicted molar refractivity (Wildman–Crippen MR) is 237 cm³/mol. The highest BCUT2D eigenvalue weighted by Crippen LogP contribution is 2.40. The van der Waals surface area contributed by atoms with Crippen molar-refractivity contribution in [1.82, 2.24) is 4.57 Å². The first-order chi connectivity index (χ1) is 27.8. The van der Waals surface area contributed by atoms with Crippen molar-refractivity contribution in [3.63, 3.8) is 0 Å². The summed E-state index contributed by atoms with van der Waals surface area (Å²) in [5.41, 5.74) is 16.4. The molecule has 10 rings (SSSR count). The van der Waals surface area contributed by atoms with Gasteiger partial charge in [0.05, 0.1) is 16.7 Å². The third-order valence-corrected chi connectivity index (χ3v) is 10.8. The molecule has 0 aliphatic heterocycles. The second-order valence-electron chi connectivity index (χ2n) is 14.2. The molecular weight excluding hydrogens is 677 g/mol. The Morgan fingerprint density at radius 3 is 1.41 bits per heavy atom. The van der Waals surface area contributed by atoms with Crippen LogP contribution in [0.3, 0.4) is 0 Å². The molecule has 9 aromatic carbocycles. The Morgan fingerprint density at radius 1 is 0.268 bits per heavy atom.